The van der Waals surface area contributed by atoms with Crippen molar-refractivity contribution >= 4 is 50.2 Å². The lowest BCUT2D eigenvalue weighted by molar-refractivity contribution is -0.385. The zero-order valence-electron chi connectivity index (χ0n) is 15.1. The van der Waals surface area contributed by atoms with Crippen molar-refractivity contribution in [2.45, 2.75) is 13.5 Å². The van der Waals surface area contributed by atoms with E-state index in [0.717, 1.165) is 10.4 Å². The Hall–Kier alpha value is -3.37. The molecular weight excluding hydrogens is 412 g/mol. The first-order chi connectivity index (χ1) is 14.0. The van der Waals surface area contributed by atoms with Crippen LogP contribution in [0.3, 0.4) is 0 Å². The number of nitrogens with zero attached hydrogens (tertiary/aromatic N) is 3. The van der Waals surface area contributed by atoms with Gasteiger partial charge in [0, 0.05) is 21.9 Å². The molecule has 1 amide bonds. The number of anilines is 1. The third kappa shape index (κ3) is 3.55. The highest BCUT2D eigenvalue weighted by Crippen LogP contribution is 2.33. The minimum atomic E-state index is -0.504. The highest BCUT2D eigenvalue weighted by Gasteiger charge is 2.17. The second-order valence-corrected chi connectivity index (χ2v) is 8.05. The molecule has 10 heteroatoms. The number of carbonyl (C=O) groups excluding carboxylic acids is 1. The Morgan fingerprint density at radius 1 is 1.28 bits per heavy atom. The molecule has 0 spiro atoms. The van der Waals surface area contributed by atoms with Crippen LogP contribution >= 0.6 is 22.7 Å². The number of thiophene rings is 2. The van der Waals surface area contributed by atoms with Crippen LogP contribution in [0.5, 0.6) is 0 Å². The van der Waals surface area contributed by atoms with E-state index in [9.17, 15) is 19.7 Å². The summed E-state index contributed by atoms with van der Waals surface area (Å²) < 4.78 is 1.24. The standard InChI is InChI=1S/C19H14N4O4S2/c1-11-13(4-2-5-14(11)23(26)27)21-16(24)8-22-10-20-18-17(19(22)25)12(9-29-18)15-6-3-7-28-15/h2-7,9-10H,8H2,1H3,(H,21,24). The Balaban J connectivity index is 1.63. The number of benzene rings is 1. The zero-order valence-corrected chi connectivity index (χ0v) is 16.8. The Morgan fingerprint density at radius 2 is 2.10 bits per heavy atom. The number of fused-ring (bicyclic) bond motifs is 1. The van der Waals surface area contributed by atoms with Crippen molar-refractivity contribution in [3.05, 3.63) is 73.5 Å². The zero-order chi connectivity index (χ0) is 20.5. The van der Waals surface area contributed by atoms with E-state index in [1.165, 1.54) is 45.7 Å². The first-order valence-electron chi connectivity index (χ1n) is 8.50. The van der Waals surface area contributed by atoms with E-state index in [2.05, 4.69) is 10.3 Å². The van der Waals surface area contributed by atoms with Crippen LogP contribution in [-0.2, 0) is 11.3 Å². The molecule has 3 aromatic heterocycles. The third-order valence-corrected chi connectivity index (χ3v) is 6.23. The summed E-state index contributed by atoms with van der Waals surface area (Å²) >= 11 is 2.91. The normalized spacial score (nSPS) is 10.9. The molecule has 4 rings (SSSR count). The summed E-state index contributed by atoms with van der Waals surface area (Å²) in [5, 5.41) is 18.0. The van der Waals surface area contributed by atoms with Crippen LogP contribution < -0.4 is 10.9 Å². The molecule has 1 aromatic carbocycles. The van der Waals surface area contributed by atoms with E-state index >= 15 is 0 Å². The molecule has 0 saturated heterocycles. The van der Waals surface area contributed by atoms with Crippen molar-refractivity contribution in [3.8, 4) is 10.4 Å². The van der Waals surface area contributed by atoms with Crippen molar-refractivity contribution in [3.63, 3.8) is 0 Å². The molecule has 4 aromatic rings. The smallest absolute Gasteiger partial charge is 0.274 e. The Morgan fingerprint density at radius 3 is 2.83 bits per heavy atom. The summed E-state index contributed by atoms with van der Waals surface area (Å²) in [6.07, 6.45) is 1.35. The van der Waals surface area contributed by atoms with Crippen molar-refractivity contribution in [1.82, 2.24) is 9.55 Å². The van der Waals surface area contributed by atoms with E-state index in [4.69, 9.17) is 0 Å². The number of nitro groups is 1. The molecule has 0 fully saturated rings. The molecule has 146 valence electrons. The van der Waals surface area contributed by atoms with Gasteiger partial charge in [0.1, 0.15) is 11.4 Å². The Kier molecular flexibility index (Phi) is 4.95. The minimum absolute atomic E-state index is 0.0816. The second-order valence-electron chi connectivity index (χ2n) is 6.24. The summed E-state index contributed by atoms with van der Waals surface area (Å²) in [6.45, 7) is 1.32. The summed E-state index contributed by atoms with van der Waals surface area (Å²) in [5.41, 5.74) is 1.11. The molecule has 0 unspecified atom stereocenters. The maximum atomic E-state index is 13.0. The van der Waals surface area contributed by atoms with Crippen LogP contribution in [0.25, 0.3) is 20.7 Å². The van der Waals surface area contributed by atoms with Crippen LogP contribution in [0.1, 0.15) is 5.56 Å². The molecule has 3 heterocycles. The van der Waals surface area contributed by atoms with Crippen molar-refractivity contribution in [2.75, 3.05) is 5.32 Å². The van der Waals surface area contributed by atoms with Gasteiger partial charge in [0.2, 0.25) is 5.91 Å². The van der Waals surface area contributed by atoms with Gasteiger partial charge in [0.25, 0.3) is 11.2 Å². The Labute approximate surface area is 172 Å². The van der Waals surface area contributed by atoms with E-state index in [0.29, 0.717) is 21.5 Å². The molecular formula is C19H14N4O4S2. The summed E-state index contributed by atoms with van der Waals surface area (Å²) in [5.74, 6) is -0.468. The van der Waals surface area contributed by atoms with Crippen LogP contribution in [0.2, 0.25) is 0 Å². The number of rotatable bonds is 5. The molecule has 0 bridgehead atoms. The highest BCUT2D eigenvalue weighted by atomic mass is 32.1. The fraction of sp³-hybridized carbons (Fsp3) is 0.105. The fourth-order valence-electron chi connectivity index (χ4n) is 2.99. The van der Waals surface area contributed by atoms with Gasteiger partial charge in [-0.3, -0.25) is 24.3 Å². The van der Waals surface area contributed by atoms with Crippen LogP contribution in [0.4, 0.5) is 11.4 Å². The number of aromatic nitrogens is 2. The molecule has 0 radical (unpaired) electrons. The van der Waals surface area contributed by atoms with Gasteiger partial charge in [-0.2, -0.15) is 0 Å². The van der Waals surface area contributed by atoms with Crippen LogP contribution in [-0.4, -0.2) is 20.4 Å². The Bertz CT molecular complexity index is 1290. The predicted molar refractivity (Wildman–Crippen MR) is 114 cm³/mol. The number of hydrogen-bond acceptors (Lipinski definition) is 7. The second kappa shape index (κ2) is 7.57. The molecule has 8 nitrogen and oxygen atoms in total. The largest absolute Gasteiger partial charge is 0.324 e. The van der Waals surface area contributed by atoms with Crippen molar-refractivity contribution in [1.29, 1.82) is 0 Å². The van der Waals surface area contributed by atoms with Gasteiger partial charge in [-0.25, -0.2) is 4.98 Å². The van der Waals surface area contributed by atoms with Crippen LogP contribution in [0, 0.1) is 17.0 Å². The van der Waals surface area contributed by atoms with Gasteiger partial charge in [0.05, 0.1) is 27.9 Å². The van der Waals surface area contributed by atoms with Gasteiger partial charge in [-0.15, -0.1) is 22.7 Å². The van der Waals surface area contributed by atoms with Gasteiger partial charge >= 0.3 is 0 Å². The maximum Gasteiger partial charge on any atom is 0.274 e. The first kappa shape index (κ1) is 19.0. The number of nitro benzene ring substituents is 1. The summed E-state index contributed by atoms with van der Waals surface area (Å²) in [7, 11) is 0. The summed E-state index contributed by atoms with van der Waals surface area (Å²) in [4.78, 5) is 41.9. The molecule has 0 saturated carbocycles. The molecule has 0 atom stereocenters. The third-order valence-electron chi connectivity index (χ3n) is 4.44. The SMILES string of the molecule is Cc1c(NC(=O)Cn2cnc3scc(-c4cccs4)c3c2=O)cccc1[N+](=O)[O-]. The molecule has 29 heavy (non-hydrogen) atoms. The van der Waals surface area contributed by atoms with E-state index < -0.39 is 10.8 Å². The quantitative estimate of drug-likeness (QED) is 0.383. The first-order valence-corrected chi connectivity index (χ1v) is 10.3. The summed E-state index contributed by atoms with van der Waals surface area (Å²) in [6, 6.07) is 8.29. The lowest BCUT2D eigenvalue weighted by Gasteiger charge is -2.10. The molecule has 1 N–H and O–H groups in total. The minimum Gasteiger partial charge on any atom is -0.324 e. The van der Waals surface area contributed by atoms with Crippen molar-refractivity contribution < 1.29 is 9.72 Å². The molecule has 0 aliphatic rings. The number of nitrogens with one attached hydrogen (secondary N) is 1. The maximum absolute atomic E-state index is 13.0. The van der Waals surface area contributed by atoms with E-state index in [-0.39, 0.29) is 17.8 Å². The number of carbonyl (C=O) groups is 1. The predicted octanol–water partition coefficient (Wildman–Crippen LogP) is 4.04. The van der Waals surface area contributed by atoms with Gasteiger partial charge in [-0.05, 0) is 24.4 Å². The molecule has 0 aliphatic heterocycles. The van der Waals surface area contributed by atoms with E-state index in [1.807, 2.05) is 22.9 Å². The van der Waals surface area contributed by atoms with Gasteiger partial charge in [-0.1, -0.05) is 12.1 Å². The average molecular weight is 426 g/mol. The van der Waals surface area contributed by atoms with Gasteiger partial charge < -0.3 is 5.32 Å². The van der Waals surface area contributed by atoms with Crippen molar-refractivity contribution in [2.24, 2.45) is 0 Å². The van der Waals surface area contributed by atoms with Gasteiger partial charge in [0.15, 0.2) is 0 Å². The lowest BCUT2D eigenvalue weighted by atomic mass is 10.1. The lowest BCUT2D eigenvalue weighted by Crippen LogP contribution is -2.28. The highest BCUT2D eigenvalue weighted by molar-refractivity contribution is 7.18. The molecule has 0 aliphatic carbocycles. The average Bonchev–Trinajstić information content (AvgIpc) is 3.35. The van der Waals surface area contributed by atoms with Crippen LogP contribution in [0.15, 0.2) is 52.2 Å². The topological polar surface area (TPSA) is 107 Å². The van der Waals surface area contributed by atoms with E-state index in [1.54, 1.807) is 13.0 Å². The number of hydrogen-bond donors (Lipinski definition) is 1. The fourth-order valence-corrected chi connectivity index (χ4v) is 4.72. The number of amides is 1. The monoisotopic (exact) mass is 426 g/mol.